The SMILES string of the molecule is CC(C)(C)[C@@H]1OC[C@H](O)C(O)[C@H]1O. The molecule has 0 aromatic rings. The van der Waals surface area contributed by atoms with E-state index in [1.807, 2.05) is 20.8 Å². The fourth-order valence-electron chi connectivity index (χ4n) is 1.57. The molecule has 4 atom stereocenters. The molecule has 3 N–H and O–H groups in total. The van der Waals surface area contributed by atoms with Crippen LogP contribution < -0.4 is 0 Å². The molecule has 1 heterocycles. The second kappa shape index (κ2) is 3.53. The maximum absolute atomic E-state index is 9.61. The minimum Gasteiger partial charge on any atom is -0.388 e. The van der Waals surface area contributed by atoms with Crippen LogP contribution in [-0.4, -0.2) is 46.3 Å². The highest BCUT2D eigenvalue weighted by Crippen LogP contribution is 2.30. The third kappa shape index (κ3) is 2.20. The molecular weight excluding hydrogens is 172 g/mol. The molecule has 1 saturated heterocycles. The van der Waals surface area contributed by atoms with Crippen molar-refractivity contribution in [2.24, 2.45) is 5.41 Å². The van der Waals surface area contributed by atoms with Gasteiger partial charge in [0.05, 0.1) is 12.7 Å². The Morgan fingerprint density at radius 3 is 2.08 bits per heavy atom. The lowest BCUT2D eigenvalue weighted by Crippen LogP contribution is -2.56. The van der Waals surface area contributed by atoms with Crippen molar-refractivity contribution in [3.63, 3.8) is 0 Å². The zero-order valence-corrected chi connectivity index (χ0v) is 8.27. The molecule has 4 nitrogen and oxygen atoms in total. The predicted octanol–water partition coefficient (Wildman–Crippen LogP) is -0.486. The van der Waals surface area contributed by atoms with E-state index in [-0.39, 0.29) is 12.0 Å². The van der Waals surface area contributed by atoms with Gasteiger partial charge in [-0.3, -0.25) is 0 Å². The minimum atomic E-state index is -1.10. The number of rotatable bonds is 0. The van der Waals surface area contributed by atoms with Gasteiger partial charge in [-0.2, -0.15) is 0 Å². The molecule has 0 radical (unpaired) electrons. The Kier molecular flexibility index (Phi) is 2.97. The average molecular weight is 190 g/mol. The molecule has 1 aliphatic heterocycles. The molecule has 1 fully saturated rings. The molecule has 0 bridgehead atoms. The summed E-state index contributed by atoms with van der Waals surface area (Å²) >= 11 is 0. The molecule has 1 unspecified atom stereocenters. The van der Waals surface area contributed by atoms with Crippen molar-refractivity contribution in [1.29, 1.82) is 0 Å². The summed E-state index contributed by atoms with van der Waals surface area (Å²) < 4.78 is 5.28. The van der Waals surface area contributed by atoms with E-state index in [9.17, 15) is 15.3 Å². The first kappa shape index (κ1) is 10.9. The zero-order chi connectivity index (χ0) is 10.2. The van der Waals surface area contributed by atoms with Crippen molar-refractivity contribution in [1.82, 2.24) is 0 Å². The Labute approximate surface area is 78.1 Å². The van der Waals surface area contributed by atoms with Crippen LogP contribution in [0.3, 0.4) is 0 Å². The fourth-order valence-corrected chi connectivity index (χ4v) is 1.57. The van der Waals surface area contributed by atoms with Crippen molar-refractivity contribution in [3.8, 4) is 0 Å². The van der Waals surface area contributed by atoms with Gasteiger partial charge in [-0.05, 0) is 5.41 Å². The van der Waals surface area contributed by atoms with Crippen molar-refractivity contribution in [3.05, 3.63) is 0 Å². The van der Waals surface area contributed by atoms with Gasteiger partial charge >= 0.3 is 0 Å². The first-order chi connectivity index (χ1) is 5.84. The summed E-state index contributed by atoms with van der Waals surface area (Å²) in [6.07, 6.45) is -3.51. The van der Waals surface area contributed by atoms with Gasteiger partial charge in [-0.1, -0.05) is 20.8 Å². The summed E-state index contributed by atoms with van der Waals surface area (Å²) in [7, 11) is 0. The van der Waals surface area contributed by atoms with Crippen LogP contribution in [0.15, 0.2) is 0 Å². The minimum absolute atomic E-state index is 0.0835. The van der Waals surface area contributed by atoms with Gasteiger partial charge in [-0.15, -0.1) is 0 Å². The second-order valence-electron chi connectivity index (χ2n) is 4.67. The normalized spacial score (nSPS) is 42.0. The maximum atomic E-state index is 9.61. The van der Waals surface area contributed by atoms with Gasteiger partial charge in [0.15, 0.2) is 0 Å². The third-order valence-corrected chi connectivity index (χ3v) is 2.35. The molecule has 0 aliphatic carbocycles. The van der Waals surface area contributed by atoms with Crippen molar-refractivity contribution in [2.45, 2.75) is 45.2 Å². The van der Waals surface area contributed by atoms with E-state index in [2.05, 4.69) is 0 Å². The first-order valence-electron chi connectivity index (χ1n) is 4.50. The smallest absolute Gasteiger partial charge is 0.111 e. The average Bonchev–Trinajstić information content (AvgIpc) is 1.98. The van der Waals surface area contributed by atoms with Crippen LogP contribution in [0.1, 0.15) is 20.8 Å². The second-order valence-corrected chi connectivity index (χ2v) is 4.67. The Balaban J connectivity index is 2.70. The molecule has 1 rings (SSSR count). The van der Waals surface area contributed by atoms with E-state index in [0.29, 0.717) is 0 Å². The van der Waals surface area contributed by atoms with E-state index in [1.165, 1.54) is 0 Å². The molecule has 0 amide bonds. The van der Waals surface area contributed by atoms with Crippen molar-refractivity contribution >= 4 is 0 Å². The van der Waals surface area contributed by atoms with E-state index in [1.54, 1.807) is 0 Å². The molecule has 0 spiro atoms. The Morgan fingerprint density at radius 1 is 1.08 bits per heavy atom. The highest BCUT2D eigenvalue weighted by Gasteiger charge is 2.42. The molecule has 0 aromatic carbocycles. The molecule has 78 valence electrons. The van der Waals surface area contributed by atoms with Crippen LogP contribution in [0.2, 0.25) is 0 Å². The molecule has 13 heavy (non-hydrogen) atoms. The summed E-state index contributed by atoms with van der Waals surface area (Å²) in [4.78, 5) is 0. The van der Waals surface area contributed by atoms with Crippen LogP contribution in [0.5, 0.6) is 0 Å². The third-order valence-electron chi connectivity index (χ3n) is 2.35. The Morgan fingerprint density at radius 2 is 1.62 bits per heavy atom. The van der Waals surface area contributed by atoms with Crippen LogP contribution >= 0.6 is 0 Å². The number of aliphatic hydroxyl groups is 3. The molecule has 4 heteroatoms. The van der Waals surface area contributed by atoms with E-state index >= 15 is 0 Å². The summed E-state index contributed by atoms with van der Waals surface area (Å²) in [6.45, 7) is 5.85. The van der Waals surface area contributed by atoms with Gasteiger partial charge in [0, 0.05) is 0 Å². The van der Waals surface area contributed by atoms with E-state index in [0.717, 1.165) is 0 Å². The van der Waals surface area contributed by atoms with Crippen LogP contribution in [0.25, 0.3) is 0 Å². The fraction of sp³-hybridized carbons (Fsp3) is 1.00. The lowest BCUT2D eigenvalue weighted by atomic mass is 9.81. The van der Waals surface area contributed by atoms with Crippen LogP contribution in [0, 0.1) is 5.41 Å². The summed E-state index contributed by atoms with van der Waals surface area (Å²) in [5.74, 6) is 0. The van der Waals surface area contributed by atoms with Gasteiger partial charge in [0.1, 0.15) is 18.3 Å². The summed E-state index contributed by atoms with van der Waals surface area (Å²) in [5.41, 5.74) is -0.236. The van der Waals surface area contributed by atoms with E-state index in [4.69, 9.17) is 4.74 Å². The molecule has 0 saturated carbocycles. The monoisotopic (exact) mass is 190 g/mol. The lowest BCUT2D eigenvalue weighted by molar-refractivity contribution is -0.211. The van der Waals surface area contributed by atoms with Crippen molar-refractivity contribution in [2.75, 3.05) is 6.61 Å². The molecule has 0 aromatic heterocycles. The van der Waals surface area contributed by atoms with Crippen LogP contribution in [0.4, 0.5) is 0 Å². The largest absolute Gasteiger partial charge is 0.388 e. The number of aliphatic hydroxyl groups excluding tert-OH is 3. The standard InChI is InChI=1S/C9H18O4/c1-9(2,3)8-7(12)6(11)5(10)4-13-8/h5-8,10-12H,4H2,1-3H3/t5-,6?,7+,8+/m0/s1. The molecular formula is C9H18O4. The Bertz CT molecular complexity index is 175. The van der Waals surface area contributed by atoms with Gasteiger partial charge in [0.2, 0.25) is 0 Å². The van der Waals surface area contributed by atoms with Gasteiger partial charge < -0.3 is 20.1 Å². The Hall–Kier alpha value is -0.160. The lowest BCUT2D eigenvalue weighted by Gasteiger charge is -2.41. The zero-order valence-electron chi connectivity index (χ0n) is 8.27. The van der Waals surface area contributed by atoms with Gasteiger partial charge in [0.25, 0.3) is 0 Å². The summed E-state index contributed by atoms with van der Waals surface area (Å²) in [6, 6.07) is 0. The number of hydrogen-bond donors (Lipinski definition) is 3. The first-order valence-corrected chi connectivity index (χ1v) is 4.50. The highest BCUT2D eigenvalue weighted by molar-refractivity contribution is 4.92. The topological polar surface area (TPSA) is 69.9 Å². The molecule has 1 aliphatic rings. The van der Waals surface area contributed by atoms with Crippen LogP contribution in [-0.2, 0) is 4.74 Å². The van der Waals surface area contributed by atoms with Crippen molar-refractivity contribution < 1.29 is 20.1 Å². The number of hydrogen-bond acceptors (Lipinski definition) is 4. The summed E-state index contributed by atoms with van der Waals surface area (Å²) in [5, 5.41) is 28.2. The quantitative estimate of drug-likeness (QED) is 0.482. The number of ether oxygens (including phenoxy) is 1. The maximum Gasteiger partial charge on any atom is 0.111 e. The highest BCUT2D eigenvalue weighted by atomic mass is 16.5. The predicted molar refractivity (Wildman–Crippen MR) is 47.2 cm³/mol. The van der Waals surface area contributed by atoms with E-state index < -0.39 is 24.4 Å². The van der Waals surface area contributed by atoms with Gasteiger partial charge in [-0.25, -0.2) is 0 Å².